The van der Waals surface area contributed by atoms with Gasteiger partial charge >= 0.3 is 0 Å². The van der Waals surface area contributed by atoms with Crippen molar-refractivity contribution < 1.29 is 5.11 Å². The SMILES string of the molecule is CCCCCC#C[C@@H]1CNC[C@H]1O. The summed E-state index contributed by atoms with van der Waals surface area (Å²) in [4.78, 5) is 0. The number of aliphatic hydroxyl groups is 1. The molecule has 0 aromatic carbocycles. The van der Waals surface area contributed by atoms with Crippen molar-refractivity contribution in [2.24, 2.45) is 5.92 Å². The smallest absolute Gasteiger partial charge is 0.0814 e. The topological polar surface area (TPSA) is 32.3 Å². The summed E-state index contributed by atoms with van der Waals surface area (Å²) in [6.45, 7) is 3.74. The molecule has 2 N–H and O–H groups in total. The van der Waals surface area contributed by atoms with E-state index in [1.807, 2.05) is 0 Å². The molecule has 74 valence electrons. The molecule has 1 rings (SSSR count). The number of hydrogen-bond donors (Lipinski definition) is 2. The zero-order valence-corrected chi connectivity index (χ0v) is 8.34. The Morgan fingerprint density at radius 1 is 1.38 bits per heavy atom. The van der Waals surface area contributed by atoms with Crippen molar-refractivity contribution in [2.45, 2.75) is 38.7 Å². The summed E-state index contributed by atoms with van der Waals surface area (Å²) in [6, 6.07) is 0. The van der Waals surface area contributed by atoms with Crippen molar-refractivity contribution in [1.29, 1.82) is 0 Å². The Labute approximate surface area is 80.7 Å². The molecule has 0 spiro atoms. The van der Waals surface area contributed by atoms with Gasteiger partial charge in [0.05, 0.1) is 12.0 Å². The van der Waals surface area contributed by atoms with Crippen molar-refractivity contribution in [3.63, 3.8) is 0 Å². The Bertz CT molecular complexity index is 192. The first-order chi connectivity index (χ1) is 6.34. The number of hydrogen-bond acceptors (Lipinski definition) is 2. The highest BCUT2D eigenvalue weighted by atomic mass is 16.3. The van der Waals surface area contributed by atoms with Gasteiger partial charge < -0.3 is 10.4 Å². The van der Waals surface area contributed by atoms with E-state index in [1.165, 1.54) is 19.3 Å². The van der Waals surface area contributed by atoms with Gasteiger partial charge in [-0.2, -0.15) is 0 Å². The van der Waals surface area contributed by atoms with E-state index >= 15 is 0 Å². The maximum absolute atomic E-state index is 9.43. The summed E-state index contributed by atoms with van der Waals surface area (Å²) in [5.41, 5.74) is 0. The molecule has 0 radical (unpaired) electrons. The van der Waals surface area contributed by atoms with Crippen molar-refractivity contribution in [3.8, 4) is 11.8 Å². The van der Waals surface area contributed by atoms with Crippen LogP contribution < -0.4 is 5.32 Å². The van der Waals surface area contributed by atoms with E-state index in [4.69, 9.17) is 0 Å². The van der Waals surface area contributed by atoms with Gasteiger partial charge in [-0.05, 0) is 6.42 Å². The molecule has 1 aliphatic rings. The maximum Gasteiger partial charge on any atom is 0.0814 e. The van der Waals surface area contributed by atoms with Crippen LogP contribution >= 0.6 is 0 Å². The van der Waals surface area contributed by atoms with E-state index in [-0.39, 0.29) is 12.0 Å². The third kappa shape index (κ3) is 3.80. The Kier molecular flexibility index (Phi) is 4.88. The van der Waals surface area contributed by atoms with Gasteiger partial charge in [0, 0.05) is 19.5 Å². The molecule has 0 amide bonds. The van der Waals surface area contributed by atoms with Crippen molar-refractivity contribution >= 4 is 0 Å². The third-order valence-corrected chi connectivity index (χ3v) is 2.37. The molecular formula is C11H19NO. The van der Waals surface area contributed by atoms with Crippen LogP contribution in [0.3, 0.4) is 0 Å². The van der Waals surface area contributed by atoms with Gasteiger partial charge in [-0.3, -0.25) is 0 Å². The Morgan fingerprint density at radius 3 is 2.85 bits per heavy atom. The molecular weight excluding hydrogens is 162 g/mol. The molecule has 2 heteroatoms. The molecule has 1 heterocycles. The van der Waals surface area contributed by atoms with Crippen LogP contribution in [0.2, 0.25) is 0 Å². The zero-order chi connectivity index (χ0) is 9.52. The molecule has 0 saturated carbocycles. The minimum absolute atomic E-state index is 0.168. The highest BCUT2D eigenvalue weighted by molar-refractivity contribution is 5.08. The van der Waals surface area contributed by atoms with Gasteiger partial charge in [-0.25, -0.2) is 0 Å². The van der Waals surface area contributed by atoms with Crippen molar-refractivity contribution in [2.75, 3.05) is 13.1 Å². The summed E-state index contributed by atoms with van der Waals surface area (Å²) in [5, 5.41) is 12.5. The summed E-state index contributed by atoms with van der Waals surface area (Å²) < 4.78 is 0. The average molecular weight is 181 g/mol. The fraction of sp³-hybridized carbons (Fsp3) is 0.818. The van der Waals surface area contributed by atoms with Gasteiger partial charge in [0.15, 0.2) is 0 Å². The Balaban J connectivity index is 2.14. The molecule has 1 aliphatic heterocycles. The van der Waals surface area contributed by atoms with Gasteiger partial charge in [-0.1, -0.05) is 25.7 Å². The molecule has 0 aromatic rings. The highest BCUT2D eigenvalue weighted by Gasteiger charge is 2.22. The number of unbranched alkanes of at least 4 members (excludes halogenated alkanes) is 3. The number of nitrogens with one attached hydrogen (secondary N) is 1. The minimum Gasteiger partial charge on any atom is -0.390 e. The summed E-state index contributed by atoms with van der Waals surface area (Å²) in [7, 11) is 0. The van der Waals surface area contributed by atoms with E-state index in [9.17, 15) is 5.11 Å². The lowest BCUT2D eigenvalue weighted by Gasteiger charge is -2.03. The molecule has 1 fully saturated rings. The number of rotatable bonds is 3. The van der Waals surface area contributed by atoms with E-state index in [2.05, 4.69) is 24.1 Å². The Morgan fingerprint density at radius 2 is 2.23 bits per heavy atom. The van der Waals surface area contributed by atoms with Crippen LogP contribution in [0.1, 0.15) is 32.6 Å². The lowest BCUT2D eigenvalue weighted by atomic mass is 10.1. The minimum atomic E-state index is -0.251. The lowest BCUT2D eigenvalue weighted by molar-refractivity contribution is 0.171. The maximum atomic E-state index is 9.43. The van der Waals surface area contributed by atoms with Crippen LogP contribution in [-0.4, -0.2) is 24.3 Å². The van der Waals surface area contributed by atoms with E-state index in [0.29, 0.717) is 6.54 Å². The largest absolute Gasteiger partial charge is 0.390 e. The summed E-state index contributed by atoms with van der Waals surface area (Å²) >= 11 is 0. The van der Waals surface area contributed by atoms with Gasteiger partial charge in [0.25, 0.3) is 0 Å². The van der Waals surface area contributed by atoms with Crippen LogP contribution in [0.4, 0.5) is 0 Å². The van der Waals surface area contributed by atoms with Crippen LogP contribution in [0.15, 0.2) is 0 Å². The van der Waals surface area contributed by atoms with Gasteiger partial charge in [-0.15, -0.1) is 5.92 Å². The van der Waals surface area contributed by atoms with Gasteiger partial charge in [0.1, 0.15) is 0 Å². The first-order valence-electron chi connectivity index (χ1n) is 5.21. The van der Waals surface area contributed by atoms with E-state index < -0.39 is 0 Å². The summed E-state index contributed by atoms with van der Waals surface area (Å²) in [5.74, 6) is 6.44. The molecule has 2 nitrogen and oxygen atoms in total. The standard InChI is InChI=1S/C11H19NO/c1-2-3-4-5-6-7-10-8-12-9-11(10)13/h10-13H,2-5,8-9H2,1H3/t10-,11-/m1/s1. The monoisotopic (exact) mass is 181 g/mol. The van der Waals surface area contributed by atoms with E-state index in [0.717, 1.165) is 13.0 Å². The first kappa shape index (κ1) is 10.6. The first-order valence-corrected chi connectivity index (χ1v) is 5.21. The predicted octanol–water partition coefficient (Wildman–Crippen LogP) is 1.15. The normalized spacial score (nSPS) is 26.9. The number of aliphatic hydroxyl groups excluding tert-OH is 1. The molecule has 13 heavy (non-hydrogen) atoms. The zero-order valence-electron chi connectivity index (χ0n) is 8.34. The Hall–Kier alpha value is -0.520. The highest BCUT2D eigenvalue weighted by Crippen LogP contribution is 2.07. The van der Waals surface area contributed by atoms with Crippen LogP contribution in [0.5, 0.6) is 0 Å². The predicted molar refractivity (Wildman–Crippen MR) is 54.3 cm³/mol. The van der Waals surface area contributed by atoms with Crippen LogP contribution in [-0.2, 0) is 0 Å². The molecule has 1 saturated heterocycles. The van der Waals surface area contributed by atoms with Crippen LogP contribution in [0, 0.1) is 17.8 Å². The van der Waals surface area contributed by atoms with Gasteiger partial charge in [0.2, 0.25) is 0 Å². The fourth-order valence-corrected chi connectivity index (χ4v) is 1.48. The average Bonchev–Trinajstić information content (AvgIpc) is 2.52. The second-order valence-electron chi connectivity index (χ2n) is 3.61. The molecule has 2 atom stereocenters. The fourth-order valence-electron chi connectivity index (χ4n) is 1.48. The summed E-state index contributed by atoms with van der Waals surface area (Å²) in [6.07, 6.45) is 4.44. The van der Waals surface area contributed by atoms with Crippen LogP contribution in [0.25, 0.3) is 0 Å². The molecule has 0 aromatic heterocycles. The second kappa shape index (κ2) is 6.01. The van der Waals surface area contributed by atoms with Crippen molar-refractivity contribution in [1.82, 2.24) is 5.32 Å². The molecule has 0 aliphatic carbocycles. The third-order valence-electron chi connectivity index (χ3n) is 2.37. The van der Waals surface area contributed by atoms with E-state index in [1.54, 1.807) is 0 Å². The molecule has 0 bridgehead atoms. The van der Waals surface area contributed by atoms with Crippen molar-refractivity contribution in [3.05, 3.63) is 0 Å². The second-order valence-corrected chi connectivity index (χ2v) is 3.61. The quantitative estimate of drug-likeness (QED) is 0.505. The lowest BCUT2D eigenvalue weighted by Crippen LogP contribution is -2.16. The number of β-amino-alcohol motifs (C(OH)–C–C–N with tert-alkyl or cyclic N) is 1. The molecule has 0 unspecified atom stereocenters.